The predicted octanol–water partition coefficient (Wildman–Crippen LogP) is 3.00. The van der Waals surface area contributed by atoms with Crippen molar-refractivity contribution in [3.63, 3.8) is 0 Å². The van der Waals surface area contributed by atoms with Gasteiger partial charge in [0.1, 0.15) is 5.75 Å². The number of methoxy groups -OCH3 is 1. The first kappa shape index (κ1) is 13.0. The zero-order chi connectivity index (χ0) is 12.2. The highest BCUT2D eigenvalue weighted by Crippen LogP contribution is 2.24. The molecule has 0 heterocycles. The molecule has 0 radical (unpaired) electrons. The molecular weight excluding hydrogens is 198 g/mol. The van der Waals surface area contributed by atoms with Crippen molar-refractivity contribution in [2.75, 3.05) is 7.11 Å². The Labute approximate surface area is 98.8 Å². The fraction of sp³-hybridized carbons (Fsp3) is 0.571. The lowest BCUT2D eigenvalue weighted by Crippen LogP contribution is -2.46. The Morgan fingerprint density at radius 1 is 1.38 bits per heavy atom. The summed E-state index contributed by atoms with van der Waals surface area (Å²) in [5, 5.41) is 0. The smallest absolute Gasteiger partial charge is 0.119 e. The second kappa shape index (κ2) is 5.35. The largest absolute Gasteiger partial charge is 0.497 e. The van der Waals surface area contributed by atoms with Gasteiger partial charge in [0.2, 0.25) is 0 Å². The Morgan fingerprint density at radius 2 is 2.06 bits per heavy atom. The summed E-state index contributed by atoms with van der Waals surface area (Å²) in [6, 6.07) is 8.16. The number of hydrogen-bond donors (Lipinski definition) is 1. The lowest BCUT2D eigenvalue weighted by Gasteiger charge is -2.32. The summed E-state index contributed by atoms with van der Waals surface area (Å²) in [7, 11) is 1.69. The minimum atomic E-state index is -0.119. The van der Waals surface area contributed by atoms with Crippen molar-refractivity contribution >= 4 is 0 Å². The van der Waals surface area contributed by atoms with Crippen LogP contribution in [-0.4, -0.2) is 12.6 Å². The second-order valence-corrected chi connectivity index (χ2v) is 4.77. The normalized spacial score (nSPS) is 14.9. The van der Waals surface area contributed by atoms with Crippen LogP contribution in [0.3, 0.4) is 0 Å². The second-order valence-electron chi connectivity index (χ2n) is 4.77. The molecule has 16 heavy (non-hydrogen) atoms. The van der Waals surface area contributed by atoms with E-state index in [2.05, 4.69) is 32.9 Å². The van der Waals surface area contributed by atoms with Crippen LogP contribution in [0.4, 0.5) is 0 Å². The minimum absolute atomic E-state index is 0.119. The van der Waals surface area contributed by atoms with Gasteiger partial charge in [-0.25, -0.2) is 0 Å². The van der Waals surface area contributed by atoms with Crippen LogP contribution in [0.2, 0.25) is 0 Å². The Hall–Kier alpha value is -1.02. The van der Waals surface area contributed by atoms with E-state index in [1.54, 1.807) is 7.11 Å². The van der Waals surface area contributed by atoms with E-state index in [0.29, 0.717) is 5.92 Å². The summed E-state index contributed by atoms with van der Waals surface area (Å²) in [5.41, 5.74) is 7.55. The van der Waals surface area contributed by atoms with Gasteiger partial charge in [-0.1, -0.05) is 32.9 Å². The van der Waals surface area contributed by atoms with Crippen molar-refractivity contribution in [1.82, 2.24) is 0 Å². The van der Waals surface area contributed by atoms with Gasteiger partial charge in [0, 0.05) is 5.54 Å². The molecule has 1 rings (SSSR count). The van der Waals surface area contributed by atoms with Crippen molar-refractivity contribution in [3.8, 4) is 5.75 Å². The van der Waals surface area contributed by atoms with Crippen LogP contribution in [0, 0.1) is 5.92 Å². The van der Waals surface area contributed by atoms with E-state index in [-0.39, 0.29) is 5.54 Å². The molecule has 0 aromatic heterocycles. The van der Waals surface area contributed by atoms with Crippen LogP contribution in [0.15, 0.2) is 24.3 Å². The number of benzene rings is 1. The van der Waals surface area contributed by atoms with E-state index in [0.717, 1.165) is 18.6 Å². The van der Waals surface area contributed by atoms with Crippen LogP contribution in [-0.2, 0) is 6.42 Å². The molecule has 2 heteroatoms. The van der Waals surface area contributed by atoms with Gasteiger partial charge in [-0.3, -0.25) is 0 Å². The number of hydrogen-bond acceptors (Lipinski definition) is 2. The highest BCUT2D eigenvalue weighted by Gasteiger charge is 2.27. The maximum Gasteiger partial charge on any atom is 0.119 e. The molecule has 0 saturated carbocycles. The van der Waals surface area contributed by atoms with Gasteiger partial charge >= 0.3 is 0 Å². The number of nitrogens with two attached hydrogens (primary N) is 1. The van der Waals surface area contributed by atoms with Crippen molar-refractivity contribution in [3.05, 3.63) is 29.8 Å². The molecule has 0 bridgehead atoms. The number of rotatable bonds is 5. The summed E-state index contributed by atoms with van der Waals surface area (Å²) < 4.78 is 5.22. The molecule has 2 N–H and O–H groups in total. The van der Waals surface area contributed by atoms with Crippen LogP contribution in [0.5, 0.6) is 5.75 Å². The van der Waals surface area contributed by atoms with E-state index in [9.17, 15) is 0 Å². The fourth-order valence-electron chi connectivity index (χ4n) is 1.90. The standard InChI is InChI=1S/C14H23NO/c1-5-14(15,11(2)3)10-12-7-6-8-13(9-12)16-4/h6-9,11H,5,10,15H2,1-4H3. The summed E-state index contributed by atoms with van der Waals surface area (Å²) in [5.74, 6) is 1.38. The van der Waals surface area contributed by atoms with Gasteiger partial charge in [-0.15, -0.1) is 0 Å². The lowest BCUT2D eigenvalue weighted by atomic mass is 9.80. The number of ether oxygens (including phenoxy) is 1. The third-order valence-corrected chi connectivity index (χ3v) is 3.48. The molecule has 0 aliphatic rings. The molecule has 1 aromatic rings. The average molecular weight is 221 g/mol. The minimum Gasteiger partial charge on any atom is -0.497 e. The molecule has 0 saturated heterocycles. The first-order valence-electron chi connectivity index (χ1n) is 5.93. The van der Waals surface area contributed by atoms with Gasteiger partial charge in [-0.2, -0.15) is 0 Å². The third-order valence-electron chi connectivity index (χ3n) is 3.48. The van der Waals surface area contributed by atoms with E-state index >= 15 is 0 Å². The maximum absolute atomic E-state index is 6.42. The highest BCUT2D eigenvalue weighted by molar-refractivity contribution is 5.29. The maximum atomic E-state index is 6.42. The molecule has 1 aromatic carbocycles. The van der Waals surface area contributed by atoms with E-state index in [1.165, 1.54) is 5.56 Å². The van der Waals surface area contributed by atoms with Crippen LogP contribution in [0.25, 0.3) is 0 Å². The van der Waals surface area contributed by atoms with E-state index < -0.39 is 0 Å². The first-order valence-corrected chi connectivity index (χ1v) is 5.93. The van der Waals surface area contributed by atoms with Crippen molar-refractivity contribution in [2.24, 2.45) is 11.7 Å². The summed E-state index contributed by atoms with van der Waals surface area (Å²) in [6.07, 6.45) is 1.89. The summed E-state index contributed by atoms with van der Waals surface area (Å²) in [6.45, 7) is 6.52. The van der Waals surface area contributed by atoms with Crippen LogP contribution in [0.1, 0.15) is 32.8 Å². The van der Waals surface area contributed by atoms with E-state index in [4.69, 9.17) is 10.5 Å². The van der Waals surface area contributed by atoms with Crippen molar-refractivity contribution in [2.45, 2.75) is 39.2 Å². The van der Waals surface area contributed by atoms with Crippen LogP contribution >= 0.6 is 0 Å². The molecule has 0 amide bonds. The Balaban J connectivity index is 2.85. The molecule has 1 atom stereocenters. The third kappa shape index (κ3) is 2.99. The monoisotopic (exact) mass is 221 g/mol. The van der Waals surface area contributed by atoms with E-state index in [1.807, 2.05) is 12.1 Å². The van der Waals surface area contributed by atoms with Gasteiger partial charge in [0.15, 0.2) is 0 Å². The molecule has 0 fully saturated rings. The van der Waals surface area contributed by atoms with Crippen molar-refractivity contribution in [1.29, 1.82) is 0 Å². The van der Waals surface area contributed by atoms with Crippen LogP contribution < -0.4 is 10.5 Å². The van der Waals surface area contributed by atoms with Crippen molar-refractivity contribution < 1.29 is 4.74 Å². The molecule has 2 nitrogen and oxygen atoms in total. The quantitative estimate of drug-likeness (QED) is 0.829. The molecule has 0 spiro atoms. The summed E-state index contributed by atoms with van der Waals surface area (Å²) in [4.78, 5) is 0. The molecule has 1 unspecified atom stereocenters. The Bertz CT molecular complexity index is 335. The van der Waals surface area contributed by atoms with Gasteiger partial charge in [0.05, 0.1) is 7.11 Å². The molecule has 0 aliphatic heterocycles. The molecular formula is C14H23NO. The molecule has 90 valence electrons. The lowest BCUT2D eigenvalue weighted by molar-refractivity contribution is 0.296. The topological polar surface area (TPSA) is 35.2 Å². The highest BCUT2D eigenvalue weighted by atomic mass is 16.5. The average Bonchev–Trinajstić information content (AvgIpc) is 2.29. The van der Waals surface area contributed by atoms with Gasteiger partial charge in [-0.05, 0) is 36.5 Å². The Kier molecular flexibility index (Phi) is 4.36. The molecule has 0 aliphatic carbocycles. The fourth-order valence-corrected chi connectivity index (χ4v) is 1.90. The van der Waals surface area contributed by atoms with Gasteiger partial charge < -0.3 is 10.5 Å². The zero-order valence-electron chi connectivity index (χ0n) is 10.8. The first-order chi connectivity index (χ1) is 7.51. The van der Waals surface area contributed by atoms with Gasteiger partial charge in [0.25, 0.3) is 0 Å². The zero-order valence-corrected chi connectivity index (χ0v) is 10.8. The predicted molar refractivity (Wildman–Crippen MR) is 68.7 cm³/mol. The Morgan fingerprint density at radius 3 is 2.56 bits per heavy atom. The summed E-state index contributed by atoms with van der Waals surface area (Å²) >= 11 is 0. The SMILES string of the molecule is CCC(N)(Cc1cccc(OC)c1)C(C)C.